The average Bonchev–Trinajstić information content (AvgIpc) is 2.04. The Balaban J connectivity index is 2.34. The molecule has 1 rings (SSSR count). The van der Waals surface area contributed by atoms with E-state index < -0.39 is 0 Å². The van der Waals surface area contributed by atoms with Gasteiger partial charge in [0.15, 0.2) is 0 Å². The molecule has 2 unspecified atom stereocenters. The third kappa shape index (κ3) is 3.47. The topological polar surface area (TPSA) is 41.1 Å². The Hall–Kier alpha value is -1.01. The molecule has 1 fully saturated rings. The number of rotatable bonds is 1. The Bertz CT molecular complexity index is 239. The van der Waals surface area contributed by atoms with Crippen molar-refractivity contribution in [3.05, 3.63) is 0 Å². The molecular formula is C10H16N2O. The lowest BCUT2D eigenvalue weighted by Gasteiger charge is -2.27. The highest BCUT2D eigenvalue weighted by atomic mass is 16.1. The molecule has 3 heteroatoms. The van der Waals surface area contributed by atoms with Crippen LogP contribution in [0, 0.1) is 11.8 Å². The van der Waals surface area contributed by atoms with Crippen molar-refractivity contribution < 1.29 is 4.79 Å². The van der Waals surface area contributed by atoms with E-state index in [0.717, 1.165) is 19.4 Å². The van der Waals surface area contributed by atoms with Crippen LogP contribution in [0.15, 0.2) is 0 Å². The molecule has 1 amide bonds. The second kappa shape index (κ2) is 4.88. The molecule has 13 heavy (non-hydrogen) atoms. The number of carbonyl (C=O) groups is 1. The van der Waals surface area contributed by atoms with Crippen molar-refractivity contribution in [1.82, 2.24) is 10.6 Å². The van der Waals surface area contributed by atoms with Crippen molar-refractivity contribution in [3.8, 4) is 11.8 Å². The van der Waals surface area contributed by atoms with Gasteiger partial charge in [-0.3, -0.25) is 4.79 Å². The van der Waals surface area contributed by atoms with E-state index in [1.54, 1.807) is 6.92 Å². The summed E-state index contributed by atoms with van der Waals surface area (Å²) in [5, 5.41) is 6.23. The standard InChI is InChI=1S/C10H16N2O/c1-3-4-10(13)12-9-5-6-11-8(2)7-9/h8-9,11H,5-7H2,1-2H3,(H,12,13). The van der Waals surface area contributed by atoms with Gasteiger partial charge < -0.3 is 10.6 Å². The van der Waals surface area contributed by atoms with Gasteiger partial charge in [-0.05, 0) is 39.2 Å². The maximum Gasteiger partial charge on any atom is 0.296 e. The molecule has 0 radical (unpaired) electrons. The number of nitrogens with one attached hydrogen (secondary N) is 2. The molecule has 1 aliphatic heterocycles. The second-order valence-corrected chi connectivity index (χ2v) is 3.42. The van der Waals surface area contributed by atoms with Gasteiger partial charge >= 0.3 is 0 Å². The number of hydrogen-bond donors (Lipinski definition) is 2. The van der Waals surface area contributed by atoms with E-state index in [9.17, 15) is 4.79 Å². The fourth-order valence-corrected chi connectivity index (χ4v) is 1.60. The number of hydrogen-bond acceptors (Lipinski definition) is 2. The van der Waals surface area contributed by atoms with E-state index in [1.165, 1.54) is 0 Å². The average molecular weight is 180 g/mol. The monoisotopic (exact) mass is 180 g/mol. The zero-order valence-corrected chi connectivity index (χ0v) is 8.18. The van der Waals surface area contributed by atoms with Gasteiger partial charge in [0.2, 0.25) is 0 Å². The molecule has 0 bridgehead atoms. The minimum Gasteiger partial charge on any atom is -0.342 e. The molecule has 72 valence electrons. The molecule has 0 aliphatic carbocycles. The highest BCUT2D eigenvalue weighted by Gasteiger charge is 2.18. The summed E-state index contributed by atoms with van der Waals surface area (Å²) in [5.41, 5.74) is 0. The van der Waals surface area contributed by atoms with Crippen LogP contribution in [-0.4, -0.2) is 24.5 Å². The Kier molecular flexibility index (Phi) is 3.78. The highest BCUT2D eigenvalue weighted by Crippen LogP contribution is 2.07. The predicted molar refractivity (Wildman–Crippen MR) is 52.1 cm³/mol. The molecule has 0 spiro atoms. The van der Waals surface area contributed by atoms with E-state index in [1.807, 2.05) is 0 Å². The summed E-state index contributed by atoms with van der Waals surface area (Å²) >= 11 is 0. The maximum atomic E-state index is 11.1. The summed E-state index contributed by atoms with van der Waals surface area (Å²) in [6, 6.07) is 0.790. The van der Waals surface area contributed by atoms with E-state index >= 15 is 0 Å². The van der Waals surface area contributed by atoms with Gasteiger partial charge in [-0.1, -0.05) is 5.92 Å². The summed E-state index contributed by atoms with van der Waals surface area (Å²) in [6.45, 7) is 4.78. The van der Waals surface area contributed by atoms with Crippen LogP contribution in [0.4, 0.5) is 0 Å². The van der Waals surface area contributed by atoms with Crippen LogP contribution in [0.5, 0.6) is 0 Å². The summed E-state index contributed by atoms with van der Waals surface area (Å²) in [5.74, 6) is 4.93. The summed E-state index contributed by atoms with van der Waals surface area (Å²) in [4.78, 5) is 11.1. The molecule has 3 nitrogen and oxygen atoms in total. The molecule has 0 aromatic rings. The van der Waals surface area contributed by atoms with Crippen LogP contribution in [-0.2, 0) is 4.79 Å². The largest absolute Gasteiger partial charge is 0.342 e. The summed E-state index contributed by atoms with van der Waals surface area (Å²) < 4.78 is 0. The van der Waals surface area contributed by atoms with Crippen LogP contribution in [0.2, 0.25) is 0 Å². The third-order valence-electron chi connectivity index (χ3n) is 2.20. The lowest BCUT2D eigenvalue weighted by atomic mass is 10.0. The van der Waals surface area contributed by atoms with Crippen LogP contribution in [0.1, 0.15) is 26.7 Å². The van der Waals surface area contributed by atoms with E-state index in [2.05, 4.69) is 29.4 Å². The maximum absolute atomic E-state index is 11.1. The van der Waals surface area contributed by atoms with Crippen molar-refractivity contribution in [3.63, 3.8) is 0 Å². The SMILES string of the molecule is CC#CC(=O)NC1CCNC(C)C1. The predicted octanol–water partition coefficient (Wildman–Crippen LogP) is 0.266. The summed E-state index contributed by atoms with van der Waals surface area (Å²) in [6.07, 6.45) is 2.00. The fraction of sp³-hybridized carbons (Fsp3) is 0.700. The van der Waals surface area contributed by atoms with Crippen LogP contribution < -0.4 is 10.6 Å². The smallest absolute Gasteiger partial charge is 0.296 e. The van der Waals surface area contributed by atoms with Gasteiger partial charge in [0.1, 0.15) is 0 Å². The Labute approximate surface area is 79.3 Å². The second-order valence-electron chi connectivity index (χ2n) is 3.42. The molecule has 1 aliphatic rings. The molecule has 1 saturated heterocycles. The van der Waals surface area contributed by atoms with E-state index in [-0.39, 0.29) is 5.91 Å². The van der Waals surface area contributed by atoms with Gasteiger partial charge in [-0.25, -0.2) is 0 Å². The summed E-state index contributed by atoms with van der Waals surface area (Å²) in [7, 11) is 0. The molecule has 2 atom stereocenters. The molecule has 0 saturated carbocycles. The first-order chi connectivity index (χ1) is 6.22. The highest BCUT2D eigenvalue weighted by molar-refractivity contribution is 5.93. The molecule has 0 aromatic heterocycles. The lowest BCUT2D eigenvalue weighted by molar-refractivity contribution is -0.116. The van der Waals surface area contributed by atoms with Gasteiger partial charge in [0, 0.05) is 12.1 Å². The van der Waals surface area contributed by atoms with E-state index in [4.69, 9.17) is 0 Å². The third-order valence-corrected chi connectivity index (χ3v) is 2.20. The van der Waals surface area contributed by atoms with Crippen molar-refractivity contribution >= 4 is 5.91 Å². The van der Waals surface area contributed by atoms with Crippen molar-refractivity contribution in [1.29, 1.82) is 0 Å². The lowest BCUT2D eigenvalue weighted by Crippen LogP contribution is -2.46. The fourth-order valence-electron chi connectivity index (χ4n) is 1.60. The van der Waals surface area contributed by atoms with Gasteiger partial charge in [-0.15, -0.1) is 0 Å². The first-order valence-corrected chi connectivity index (χ1v) is 4.69. The Morgan fingerprint density at radius 3 is 3.00 bits per heavy atom. The molecule has 0 aromatic carbocycles. The molecule has 2 N–H and O–H groups in total. The first-order valence-electron chi connectivity index (χ1n) is 4.69. The number of amides is 1. The van der Waals surface area contributed by atoms with Crippen LogP contribution in [0.25, 0.3) is 0 Å². The first kappa shape index (κ1) is 10.1. The Morgan fingerprint density at radius 1 is 1.62 bits per heavy atom. The minimum atomic E-state index is -0.151. The normalized spacial score (nSPS) is 27.2. The minimum absolute atomic E-state index is 0.151. The van der Waals surface area contributed by atoms with Gasteiger partial charge in [-0.2, -0.15) is 0 Å². The van der Waals surface area contributed by atoms with Crippen LogP contribution in [0.3, 0.4) is 0 Å². The van der Waals surface area contributed by atoms with Gasteiger partial charge in [0.25, 0.3) is 5.91 Å². The Morgan fingerprint density at radius 2 is 2.38 bits per heavy atom. The molecular weight excluding hydrogens is 164 g/mol. The quantitative estimate of drug-likeness (QED) is 0.569. The molecule has 1 heterocycles. The zero-order chi connectivity index (χ0) is 9.68. The van der Waals surface area contributed by atoms with Crippen molar-refractivity contribution in [2.75, 3.05) is 6.54 Å². The van der Waals surface area contributed by atoms with Gasteiger partial charge in [0.05, 0.1) is 0 Å². The zero-order valence-electron chi connectivity index (χ0n) is 8.18. The van der Waals surface area contributed by atoms with Crippen LogP contribution >= 0.6 is 0 Å². The van der Waals surface area contributed by atoms with E-state index in [0.29, 0.717) is 12.1 Å². The van der Waals surface area contributed by atoms with Crippen molar-refractivity contribution in [2.24, 2.45) is 0 Å². The number of carbonyl (C=O) groups excluding carboxylic acids is 1. The van der Waals surface area contributed by atoms with Crippen molar-refractivity contribution in [2.45, 2.75) is 38.8 Å². The number of piperidine rings is 1.